The molecule has 7 heteroatoms. The van der Waals surface area contributed by atoms with E-state index in [-0.39, 0.29) is 0 Å². The van der Waals surface area contributed by atoms with Crippen molar-refractivity contribution in [3.63, 3.8) is 0 Å². The molecule has 0 aliphatic heterocycles. The number of anilines is 2. The van der Waals surface area contributed by atoms with Gasteiger partial charge in [-0.1, -0.05) is 12.5 Å². The summed E-state index contributed by atoms with van der Waals surface area (Å²) in [7, 11) is 0. The van der Waals surface area contributed by atoms with Gasteiger partial charge in [-0.3, -0.25) is 4.68 Å². The topological polar surface area (TPSA) is 92.3 Å². The minimum absolute atomic E-state index is 0.432. The molecule has 2 atom stereocenters. The Bertz CT molecular complexity index is 930. The number of aromatic nitrogens is 5. The molecule has 0 bridgehead atoms. The molecule has 0 amide bonds. The minimum atomic E-state index is 0.432. The average molecular weight is 359 g/mol. The van der Waals surface area contributed by atoms with E-state index in [9.17, 15) is 0 Å². The van der Waals surface area contributed by atoms with Crippen LogP contribution in [0.15, 0.2) is 49.2 Å². The number of rotatable bonds is 5. The molecule has 4 rings (SSSR count). The van der Waals surface area contributed by atoms with Gasteiger partial charge in [0.2, 0.25) is 5.95 Å². The predicted octanol–water partition coefficient (Wildman–Crippen LogP) is 3.66. The summed E-state index contributed by atoms with van der Waals surface area (Å²) in [6, 6.07) is 11.5. The standard InChI is InChI=1S/C20H21N7/c21-11-15-3-2-6-18(10-15)25-20-23-8-7-19(26-20)17-5-1-4-16(9-17)12-27-14-22-13-24-27/h2-3,6-8,10,13-14,16-17H,1,4-5,9,12H2,(H,23,25,26)/t16?,17-/m0/s1. The van der Waals surface area contributed by atoms with Gasteiger partial charge in [0.15, 0.2) is 0 Å². The number of hydrogen-bond acceptors (Lipinski definition) is 6. The number of benzene rings is 1. The molecule has 1 aliphatic rings. The predicted molar refractivity (Wildman–Crippen MR) is 101 cm³/mol. The van der Waals surface area contributed by atoms with Crippen LogP contribution in [0, 0.1) is 17.2 Å². The molecule has 0 radical (unpaired) electrons. The third kappa shape index (κ3) is 4.29. The molecule has 0 saturated heterocycles. The number of hydrogen-bond donors (Lipinski definition) is 1. The van der Waals surface area contributed by atoms with E-state index in [1.165, 1.54) is 12.8 Å². The molecule has 0 spiro atoms. The Balaban J connectivity index is 1.45. The summed E-state index contributed by atoms with van der Waals surface area (Å²) in [5.41, 5.74) is 2.51. The van der Waals surface area contributed by atoms with Crippen molar-refractivity contribution in [2.45, 2.75) is 38.1 Å². The van der Waals surface area contributed by atoms with Crippen molar-refractivity contribution in [3.8, 4) is 6.07 Å². The van der Waals surface area contributed by atoms with E-state index in [1.807, 2.05) is 22.9 Å². The maximum atomic E-state index is 9.04. The largest absolute Gasteiger partial charge is 0.324 e. The lowest BCUT2D eigenvalue weighted by Crippen LogP contribution is -2.20. The molecule has 1 unspecified atom stereocenters. The van der Waals surface area contributed by atoms with Crippen molar-refractivity contribution >= 4 is 11.6 Å². The zero-order valence-electron chi connectivity index (χ0n) is 15.0. The SMILES string of the molecule is N#Cc1cccc(Nc2nccc([C@H]3CCCC(Cn4cncn4)C3)n2)c1. The van der Waals surface area contributed by atoms with Gasteiger partial charge in [-0.15, -0.1) is 0 Å². The van der Waals surface area contributed by atoms with Gasteiger partial charge in [0, 0.05) is 30.0 Å². The Morgan fingerprint density at radius 2 is 2.22 bits per heavy atom. The van der Waals surface area contributed by atoms with Crippen LogP contribution in [0.5, 0.6) is 0 Å². The number of nitriles is 1. The van der Waals surface area contributed by atoms with Gasteiger partial charge in [0.05, 0.1) is 11.6 Å². The zero-order valence-corrected chi connectivity index (χ0v) is 15.0. The molecule has 7 nitrogen and oxygen atoms in total. The molecule has 1 aromatic carbocycles. The molecule has 2 heterocycles. The second-order valence-corrected chi connectivity index (χ2v) is 6.97. The summed E-state index contributed by atoms with van der Waals surface area (Å²) in [4.78, 5) is 13.1. The van der Waals surface area contributed by atoms with Gasteiger partial charge in [0.25, 0.3) is 0 Å². The van der Waals surface area contributed by atoms with Crippen molar-refractivity contribution in [3.05, 3.63) is 60.4 Å². The van der Waals surface area contributed by atoms with Crippen molar-refractivity contribution in [1.29, 1.82) is 5.26 Å². The highest BCUT2D eigenvalue weighted by Gasteiger charge is 2.25. The fourth-order valence-corrected chi connectivity index (χ4v) is 3.77. The van der Waals surface area contributed by atoms with Crippen molar-refractivity contribution in [1.82, 2.24) is 24.7 Å². The van der Waals surface area contributed by atoms with Crippen LogP contribution in [-0.2, 0) is 6.54 Å². The van der Waals surface area contributed by atoms with Gasteiger partial charge in [0.1, 0.15) is 12.7 Å². The smallest absolute Gasteiger partial charge is 0.227 e. The van der Waals surface area contributed by atoms with Crippen LogP contribution in [-0.4, -0.2) is 24.7 Å². The lowest BCUT2D eigenvalue weighted by atomic mass is 9.80. The molecule has 136 valence electrons. The fourth-order valence-electron chi connectivity index (χ4n) is 3.77. The van der Waals surface area contributed by atoms with Gasteiger partial charge < -0.3 is 5.32 Å². The van der Waals surface area contributed by atoms with Crippen LogP contribution in [0.3, 0.4) is 0 Å². The van der Waals surface area contributed by atoms with Crippen LogP contribution in [0.4, 0.5) is 11.6 Å². The van der Waals surface area contributed by atoms with E-state index in [1.54, 1.807) is 31.0 Å². The molecule has 27 heavy (non-hydrogen) atoms. The van der Waals surface area contributed by atoms with Crippen LogP contribution in [0.1, 0.15) is 42.9 Å². The van der Waals surface area contributed by atoms with E-state index in [0.29, 0.717) is 23.3 Å². The van der Waals surface area contributed by atoms with Crippen molar-refractivity contribution < 1.29 is 0 Å². The third-order valence-corrected chi connectivity index (χ3v) is 5.04. The lowest BCUT2D eigenvalue weighted by Gasteiger charge is -2.28. The maximum absolute atomic E-state index is 9.04. The normalized spacial score (nSPS) is 19.4. The number of nitrogens with one attached hydrogen (secondary N) is 1. The zero-order chi connectivity index (χ0) is 18.5. The molecule has 3 aromatic rings. The highest BCUT2D eigenvalue weighted by molar-refractivity contribution is 5.56. The van der Waals surface area contributed by atoms with E-state index >= 15 is 0 Å². The summed E-state index contributed by atoms with van der Waals surface area (Å²) in [6.07, 6.45) is 9.83. The molecule has 1 aliphatic carbocycles. The average Bonchev–Trinajstić information content (AvgIpc) is 3.22. The molecule has 1 N–H and O–H groups in total. The summed E-state index contributed by atoms with van der Waals surface area (Å²) < 4.78 is 1.92. The molecular weight excluding hydrogens is 338 g/mol. The van der Waals surface area contributed by atoms with Gasteiger partial charge in [-0.25, -0.2) is 15.0 Å². The quantitative estimate of drug-likeness (QED) is 0.747. The first-order valence-electron chi connectivity index (χ1n) is 9.22. The first-order valence-corrected chi connectivity index (χ1v) is 9.22. The Labute approximate surface area is 158 Å². The van der Waals surface area contributed by atoms with Gasteiger partial charge in [-0.05, 0) is 49.4 Å². The fraction of sp³-hybridized carbons (Fsp3) is 0.350. The summed E-state index contributed by atoms with van der Waals surface area (Å²) >= 11 is 0. The Morgan fingerprint density at radius 1 is 1.26 bits per heavy atom. The van der Waals surface area contributed by atoms with E-state index in [2.05, 4.69) is 26.5 Å². The van der Waals surface area contributed by atoms with Gasteiger partial charge >= 0.3 is 0 Å². The second-order valence-electron chi connectivity index (χ2n) is 6.97. The van der Waals surface area contributed by atoms with Crippen LogP contribution < -0.4 is 5.32 Å². The number of nitrogens with zero attached hydrogens (tertiary/aromatic N) is 6. The molecule has 2 aromatic heterocycles. The Morgan fingerprint density at radius 3 is 3.07 bits per heavy atom. The Hall–Kier alpha value is -3.27. The Kier molecular flexibility index (Phi) is 5.06. The van der Waals surface area contributed by atoms with Crippen LogP contribution >= 0.6 is 0 Å². The summed E-state index contributed by atoms with van der Waals surface area (Å²) in [6.45, 7) is 0.910. The highest BCUT2D eigenvalue weighted by Crippen LogP contribution is 2.36. The highest BCUT2D eigenvalue weighted by atomic mass is 15.3. The lowest BCUT2D eigenvalue weighted by molar-refractivity contribution is 0.278. The maximum Gasteiger partial charge on any atom is 0.227 e. The van der Waals surface area contributed by atoms with E-state index in [4.69, 9.17) is 10.2 Å². The first kappa shape index (κ1) is 17.2. The molecule has 1 fully saturated rings. The molecule has 1 saturated carbocycles. The summed E-state index contributed by atoms with van der Waals surface area (Å²) in [5, 5.41) is 16.5. The minimum Gasteiger partial charge on any atom is -0.324 e. The molecular formula is C20H21N7. The third-order valence-electron chi connectivity index (χ3n) is 5.04. The van der Waals surface area contributed by atoms with Crippen molar-refractivity contribution in [2.24, 2.45) is 5.92 Å². The first-order chi connectivity index (χ1) is 13.3. The van der Waals surface area contributed by atoms with Crippen LogP contribution in [0.2, 0.25) is 0 Å². The van der Waals surface area contributed by atoms with E-state index in [0.717, 1.165) is 30.8 Å². The van der Waals surface area contributed by atoms with E-state index < -0.39 is 0 Å². The van der Waals surface area contributed by atoms with Gasteiger partial charge in [-0.2, -0.15) is 10.4 Å². The van der Waals surface area contributed by atoms with Crippen molar-refractivity contribution in [2.75, 3.05) is 5.32 Å². The summed E-state index contributed by atoms with van der Waals surface area (Å²) in [5.74, 6) is 1.59. The monoisotopic (exact) mass is 359 g/mol. The second kappa shape index (κ2) is 7.96. The van der Waals surface area contributed by atoms with Crippen LogP contribution in [0.25, 0.3) is 0 Å².